The van der Waals surface area contributed by atoms with Crippen LogP contribution in [-0.4, -0.2) is 19.7 Å². The predicted octanol–water partition coefficient (Wildman–Crippen LogP) is -0.0581. The fourth-order valence-electron chi connectivity index (χ4n) is 1.28. The monoisotopic (exact) mass is 268 g/mol. The lowest BCUT2D eigenvalue weighted by molar-refractivity contribution is -0.386. The summed E-state index contributed by atoms with van der Waals surface area (Å²) in [5.41, 5.74) is 1.25. The minimum atomic E-state index is -0.716. The van der Waals surface area contributed by atoms with Crippen LogP contribution in [0.25, 0.3) is 0 Å². The summed E-state index contributed by atoms with van der Waals surface area (Å²) in [4.78, 5) is 21.1. The maximum absolute atomic E-state index is 11.2. The average molecular weight is 268 g/mol. The first-order valence-electron chi connectivity index (χ1n) is 4.73. The minimum Gasteiger partial charge on any atom is -0.341 e. The number of nitrogens with two attached hydrogens (primary N) is 1. The number of nitro groups is 1. The average Bonchev–Trinajstić information content (AvgIpc) is 2.79. The number of nitrogens with zero attached hydrogens (tertiary/aromatic N) is 4. The number of aromatic nitrogens is 3. The third-order valence-electron chi connectivity index (χ3n) is 2.06. The number of pyridine rings is 1. The Morgan fingerprint density at radius 3 is 2.94 bits per heavy atom. The molecule has 0 saturated heterocycles. The summed E-state index contributed by atoms with van der Waals surface area (Å²) in [5.74, 6) is 5.16. The van der Waals surface area contributed by atoms with Gasteiger partial charge >= 0.3 is 5.69 Å². The lowest BCUT2D eigenvalue weighted by Crippen LogP contribution is -2.11. The molecule has 94 valence electrons. The molecular formula is C8H8N6O3S. The summed E-state index contributed by atoms with van der Waals surface area (Å²) in [5, 5.41) is 19.2. The summed E-state index contributed by atoms with van der Waals surface area (Å²) in [6.07, 6.45) is 2.62. The van der Waals surface area contributed by atoms with E-state index in [9.17, 15) is 14.9 Å². The molecule has 0 aliphatic rings. The molecule has 3 N–H and O–H groups in total. The van der Waals surface area contributed by atoms with Crippen molar-refractivity contribution in [2.45, 2.75) is 6.54 Å². The van der Waals surface area contributed by atoms with Gasteiger partial charge in [-0.05, 0) is 0 Å². The molecule has 9 nitrogen and oxygen atoms in total. The third kappa shape index (κ3) is 2.49. The van der Waals surface area contributed by atoms with Crippen LogP contribution in [0, 0.1) is 10.1 Å². The van der Waals surface area contributed by atoms with E-state index in [1.54, 1.807) is 0 Å². The summed E-state index contributed by atoms with van der Waals surface area (Å²) < 4.78 is 1.49. The minimum absolute atomic E-state index is 0.278. The van der Waals surface area contributed by atoms with Gasteiger partial charge in [0, 0.05) is 12.3 Å². The molecule has 0 saturated carbocycles. The molecule has 0 spiro atoms. The van der Waals surface area contributed by atoms with Gasteiger partial charge in [0.25, 0.3) is 5.43 Å². The van der Waals surface area contributed by atoms with E-state index in [0.29, 0.717) is 10.1 Å². The van der Waals surface area contributed by atoms with E-state index in [1.807, 2.05) is 0 Å². The van der Waals surface area contributed by atoms with Crippen molar-refractivity contribution in [3.05, 3.63) is 43.8 Å². The largest absolute Gasteiger partial charge is 0.341 e. The lowest BCUT2D eigenvalue weighted by atomic mass is 10.4. The molecule has 2 heterocycles. The molecule has 0 aromatic carbocycles. The van der Waals surface area contributed by atoms with Crippen molar-refractivity contribution in [3.63, 3.8) is 0 Å². The maximum atomic E-state index is 11.2. The van der Waals surface area contributed by atoms with Crippen LogP contribution in [0.5, 0.6) is 0 Å². The quantitative estimate of drug-likeness (QED) is 0.451. The Kier molecular flexibility index (Phi) is 3.30. The SMILES string of the molecule is NNc1nnc(Cn2ccc(=O)c([N+](=O)[O-])c2)s1. The Hall–Kier alpha value is -2.33. The van der Waals surface area contributed by atoms with E-state index in [1.165, 1.54) is 28.3 Å². The Bertz CT molecular complexity index is 636. The van der Waals surface area contributed by atoms with Crippen molar-refractivity contribution in [2.75, 3.05) is 5.43 Å². The first-order chi connectivity index (χ1) is 8.60. The first kappa shape index (κ1) is 12.1. The van der Waals surface area contributed by atoms with Gasteiger partial charge in [-0.2, -0.15) is 0 Å². The highest BCUT2D eigenvalue weighted by Crippen LogP contribution is 2.15. The topological polar surface area (TPSA) is 129 Å². The molecule has 0 amide bonds. The third-order valence-corrected chi connectivity index (χ3v) is 2.90. The second-order valence-corrected chi connectivity index (χ2v) is 4.33. The van der Waals surface area contributed by atoms with Crippen LogP contribution in [0.2, 0.25) is 0 Å². The molecule has 10 heteroatoms. The van der Waals surface area contributed by atoms with E-state index in [4.69, 9.17) is 5.84 Å². The van der Waals surface area contributed by atoms with Crippen molar-refractivity contribution >= 4 is 22.2 Å². The van der Waals surface area contributed by atoms with Gasteiger partial charge in [-0.1, -0.05) is 11.3 Å². The van der Waals surface area contributed by atoms with E-state index in [-0.39, 0.29) is 6.54 Å². The van der Waals surface area contributed by atoms with Crippen LogP contribution in [0.15, 0.2) is 23.3 Å². The molecule has 2 rings (SSSR count). The van der Waals surface area contributed by atoms with Crippen LogP contribution in [-0.2, 0) is 6.54 Å². The van der Waals surface area contributed by atoms with E-state index >= 15 is 0 Å². The Morgan fingerprint density at radius 2 is 2.33 bits per heavy atom. The van der Waals surface area contributed by atoms with Crippen LogP contribution in [0.1, 0.15) is 5.01 Å². The zero-order chi connectivity index (χ0) is 13.1. The van der Waals surface area contributed by atoms with Gasteiger partial charge in [0.1, 0.15) is 5.01 Å². The van der Waals surface area contributed by atoms with Gasteiger partial charge in [-0.25, -0.2) is 5.84 Å². The molecule has 0 unspecified atom stereocenters. The second-order valence-electron chi connectivity index (χ2n) is 3.27. The van der Waals surface area contributed by atoms with Crippen molar-refractivity contribution in [2.24, 2.45) is 5.84 Å². The van der Waals surface area contributed by atoms with Crippen molar-refractivity contribution in [1.82, 2.24) is 14.8 Å². The van der Waals surface area contributed by atoms with Crippen molar-refractivity contribution in [3.8, 4) is 0 Å². The zero-order valence-corrected chi connectivity index (χ0v) is 9.75. The summed E-state index contributed by atoms with van der Waals surface area (Å²) in [6, 6.07) is 1.14. The van der Waals surface area contributed by atoms with Gasteiger partial charge < -0.3 is 4.57 Å². The normalized spacial score (nSPS) is 10.3. The fourth-order valence-corrected chi connectivity index (χ4v) is 1.94. The smallest absolute Gasteiger partial charge is 0.332 e. The number of nitrogens with one attached hydrogen (secondary N) is 1. The molecular weight excluding hydrogens is 260 g/mol. The molecule has 0 aliphatic heterocycles. The summed E-state index contributed by atoms with van der Waals surface area (Å²) in [7, 11) is 0. The highest BCUT2D eigenvalue weighted by Gasteiger charge is 2.12. The molecule has 0 fully saturated rings. The first-order valence-corrected chi connectivity index (χ1v) is 5.55. The molecule has 2 aromatic rings. The maximum Gasteiger partial charge on any atom is 0.332 e. The Balaban J connectivity index is 2.26. The van der Waals surface area contributed by atoms with E-state index in [2.05, 4.69) is 15.6 Å². The highest BCUT2D eigenvalue weighted by molar-refractivity contribution is 7.15. The van der Waals surface area contributed by atoms with E-state index in [0.717, 1.165) is 6.07 Å². The number of hydrogen-bond acceptors (Lipinski definition) is 8. The molecule has 0 aliphatic carbocycles. The van der Waals surface area contributed by atoms with Crippen molar-refractivity contribution in [1.29, 1.82) is 0 Å². The van der Waals surface area contributed by atoms with Crippen LogP contribution in [0.3, 0.4) is 0 Å². The molecule has 0 radical (unpaired) electrons. The predicted molar refractivity (Wildman–Crippen MR) is 64.2 cm³/mol. The number of hydrazine groups is 1. The van der Waals surface area contributed by atoms with Gasteiger partial charge in [-0.3, -0.25) is 20.3 Å². The molecule has 0 atom stereocenters. The highest BCUT2D eigenvalue weighted by atomic mass is 32.1. The van der Waals surface area contributed by atoms with Crippen molar-refractivity contribution < 1.29 is 4.92 Å². The molecule has 18 heavy (non-hydrogen) atoms. The van der Waals surface area contributed by atoms with Gasteiger partial charge in [0.05, 0.1) is 17.7 Å². The summed E-state index contributed by atoms with van der Waals surface area (Å²) >= 11 is 1.22. The molecule has 2 aromatic heterocycles. The Labute approximate surface area is 104 Å². The van der Waals surface area contributed by atoms with Gasteiger partial charge in [0.15, 0.2) is 0 Å². The zero-order valence-electron chi connectivity index (χ0n) is 8.94. The Morgan fingerprint density at radius 1 is 1.56 bits per heavy atom. The van der Waals surface area contributed by atoms with Gasteiger partial charge in [-0.15, -0.1) is 10.2 Å². The van der Waals surface area contributed by atoms with Crippen LogP contribution >= 0.6 is 11.3 Å². The standard InChI is InChI=1S/C8H8N6O3S/c9-10-8-12-11-7(18-8)4-13-2-1-6(15)5(3-13)14(16)17/h1-3H,4,9H2,(H,10,12). The van der Waals surface area contributed by atoms with Crippen LogP contribution < -0.4 is 16.7 Å². The molecule has 0 bridgehead atoms. The number of nitrogen functional groups attached to an aromatic ring is 1. The number of hydrogen-bond donors (Lipinski definition) is 2. The number of anilines is 1. The van der Waals surface area contributed by atoms with Gasteiger partial charge in [0.2, 0.25) is 5.13 Å². The summed E-state index contributed by atoms with van der Waals surface area (Å²) in [6.45, 7) is 0.278. The second kappa shape index (κ2) is 4.89. The van der Waals surface area contributed by atoms with Crippen LogP contribution in [0.4, 0.5) is 10.8 Å². The number of rotatable bonds is 4. The lowest BCUT2D eigenvalue weighted by Gasteiger charge is -2.01. The van der Waals surface area contributed by atoms with E-state index < -0.39 is 16.0 Å². The fraction of sp³-hybridized carbons (Fsp3) is 0.125.